The average molecular weight is 296 g/mol. The summed E-state index contributed by atoms with van der Waals surface area (Å²) in [4.78, 5) is 12.1. The molecule has 0 aromatic heterocycles. The van der Waals surface area contributed by atoms with E-state index in [0.717, 1.165) is 5.69 Å². The molecule has 1 aliphatic rings. The van der Waals surface area contributed by atoms with Crippen molar-refractivity contribution in [3.05, 3.63) is 24.3 Å². The molecule has 0 bridgehead atoms. The molecule has 6 heteroatoms. The Labute approximate surface area is 121 Å². The molecule has 0 saturated carbocycles. The van der Waals surface area contributed by atoms with Gasteiger partial charge in [-0.1, -0.05) is 12.1 Å². The number of hydrogen-bond donors (Lipinski definition) is 2. The molecule has 0 radical (unpaired) electrons. The van der Waals surface area contributed by atoms with Gasteiger partial charge in [-0.05, 0) is 25.5 Å². The number of ether oxygens (including phenoxy) is 1. The van der Waals surface area contributed by atoms with Crippen molar-refractivity contribution in [1.82, 2.24) is 5.32 Å². The molecule has 0 aliphatic carbocycles. The Morgan fingerprint density at radius 2 is 2.30 bits per heavy atom. The molecule has 1 aliphatic heterocycles. The van der Waals surface area contributed by atoms with Crippen molar-refractivity contribution in [2.24, 2.45) is 0 Å². The molecule has 2 N–H and O–H groups in total. The number of carbonyl (C=O) groups excluding carboxylic acids is 1. The molecule has 2 rings (SSSR count). The van der Waals surface area contributed by atoms with Gasteiger partial charge in [0.15, 0.2) is 6.10 Å². The maximum absolute atomic E-state index is 12.1. The van der Waals surface area contributed by atoms with E-state index in [1.54, 1.807) is 6.26 Å². The van der Waals surface area contributed by atoms with Gasteiger partial charge in [-0.2, -0.15) is 0 Å². The second kappa shape index (κ2) is 6.74. The van der Waals surface area contributed by atoms with Gasteiger partial charge in [0.05, 0.1) is 12.2 Å². The van der Waals surface area contributed by atoms with E-state index in [-0.39, 0.29) is 11.9 Å². The Kier molecular flexibility index (Phi) is 5.00. The fourth-order valence-corrected chi connectivity index (χ4v) is 2.70. The molecule has 0 fully saturated rings. The number of amides is 1. The van der Waals surface area contributed by atoms with Crippen molar-refractivity contribution in [3.8, 4) is 5.75 Å². The Balaban J connectivity index is 1.87. The topological polar surface area (TPSA) is 67.4 Å². The van der Waals surface area contributed by atoms with E-state index in [1.807, 2.05) is 31.2 Å². The van der Waals surface area contributed by atoms with E-state index in [4.69, 9.17) is 4.74 Å². The molecule has 3 atom stereocenters. The highest BCUT2D eigenvalue weighted by Crippen LogP contribution is 2.28. The third kappa shape index (κ3) is 3.96. The molecule has 1 aromatic carbocycles. The second-order valence-electron chi connectivity index (χ2n) is 4.96. The third-order valence-corrected chi connectivity index (χ3v) is 3.96. The fraction of sp³-hybridized carbons (Fsp3) is 0.500. The normalized spacial score (nSPS) is 20.0. The van der Waals surface area contributed by atoms with Crippen LogP contribution in [0.25, 0.3) is 0 Å². The van der Waals surface area contributed by atoms with E-state index in [1.165, 1.54) is 0 Å². The number of para-hydroxylation sites is 2. The molecular formula is C14H20N2O3S. The number of anilines is 1. The van der Waals surface area contributed by atoms with Gasteiger partial charge < -0.3 is 15.4 Å². The van der Waals surface area contributed by atoms with Crippen molar-refractivity contribution in [2.45, 2.75) is 25.5 Å². The molecule has 0 saturated heterocycles. The SMILES string of the molecule is CC(CCS(C)=O)NC(=O)C1CNc2ccccc2O1. The van der Waals surface area contributed by atoms with E-state index in [9.17, 15) is 9.00 Å². The number of carbonyl (C=O) groups is 1. The predicted molar refractivity (Wildman–Crippen MR) is 80.5 cm³/mol. The van der Waals surface area contributed by atoms with Crippen LogP contribution in [0.1, 0.15) is 13.3 Å². The third-order valence-electron chi connectivity index (χ3n) is 3.15. The summed E-state index contributed by atoms with van der Waals surface area (Å²) < 4.78 is 16.7. The van der Waals surface area contributed by atoms with Crippen molar-refractivity contribution < 1.29 is 13.7 Å². The van der Waals surface area contributed by atoms with Gasteiger partial charge in [0.25, 0.3) is 5.91 Å². The minimum atomic E-state index is -0.830. The van der Waals surface area contributed by atoms with Crippen LogP contribution in [0.15, 0.2) is 24.3 Å². The number of nitrogens with one attached hydrogen (secondary N) is 2. The largest absolute Gasteiger partial charge is 0.477 e. The van der Waals surface area contributed by atoms with E-state index in [0.29, 0.717) is 24.5 Å². The van der Waals surface area contributed by atoms with Crippen LogP contribution >= 0.6 is 0 Å². The number of fused-ring (bicyclic) bond motifs is 1. The van der Waals surface area contributed by atoms with Gasteiger partial charge in [0.1, 0.15) is 5.75 Å². The summed E-state index contributed by atoms with van der Waals surface area (Å²) in [5, 5.41) is 6.08. The van der Waals surface area contributed by atoms with Gasteiger partial charge >= 0.3 is 0 Å². The summed E-state index contributed by atoms with van der Waals surface area (Å²) in [5.74, 6) is 1.15. The highest BCUT2D eigenvalue weighted by atomic mass is 32.2. The number of rotatable bonds is 5. The standard InChI is InChI=1S/C14H20N2O3S/c1-10(7-8-20(2)18)16-14(17)13-9-15-11-5-3-4-6-12(11)19-13/h3-6,10,13,15H,7-9H2,1-2H3,(H,16,17). The Morgan fingerprint density at radius 3 is 3.05 bits per heavy atom. The first kappa shape index (κ1) is 14.8. The average Bonchev–Trinajstić information content (AvgIpc) is 2.44. The highest BCUT2D eigenvalue weighted by molar-refractivity contribution is 7.84. The lowest BCUT2D eigenvalue weighted by Gasteiger charge is -2.27. The smallest absolute Gasteiger partial charge is 0.263 e. The molecule has 3 unspecified atom stereocenters. The maximum Gasteiger partial charge on any atom is 0.263 e. The van der Waals surface area contributed by atoms with Crippen LogP contribution in [0.2, 0.25) is 0 Å². The first-order chi connectivity index (χ1) is 9.56. The van der Waals surface area contributed by atoms with Crippen LogP contribution in [-0.2, 0) is 15.6 Å². The highest BCUT2D eigenvalue weighted by Gasteiger charge is 2.26. The summed E-state index contributed by atoms with van der Waals surface area (Å²) in [7, 11) is -0.830. The van der Waals surface area contributed by atoms with Gasteiger partial charge in [-0.15, -0.1) is 0 Å². The lowest BCUT2D eigenvalue weighted by atomic mass is 10.2. The van der Waals surface area contributed by atoms with Crippen molar-refractivity contribution in [3.63, 3.8) is 0 Å². The minimum Gasteiger partial charge on any atom is -0.477 e. The lowest BCUT2D eigenvalue weighted by Crippen LogP contribution is -2.47. The summed E-state index contributed by atoms with van der Waals surface area (Å²) in [6, 6.07) is 7.54. The van der Waals surface area contributed by atoms with E-state index in [2.05, 4.69) is 10.6 Å². The Hall–Kier alpha value is -1.56. The molecule has 1 heterocycles. The molecule has 20 heavy (non-hydrogen) atoms. The van der Waals surface area contributed by atoms with E-state index >= 15 is 0 Å². The summed E-state index contributed by atoms with van der Waals surface area (Å²) in [6.07, 6.45) is 1.84. The summed E-state index contributed by atoms with van der Waals surface area (Å²) in [6.45, 7) is 2.37. The second-order valence-corrected chi connectivity index (χ2v) is 6.51. The van der Waals surface area contributed by atoms with Crippen LogP contribution < -0.4 is 15.4 Å². The summed E-state index contributed by atoms with van der Waals surface area (Å²) in [5.41, 5.74) is 0.908. The zero-order valence-electron chi connectivity index (χ0n) is 11.7. The number of benzene rings is 1. The van der Waals surface area contributed by atoms with Crippen LogP contribution in [0.4, 0.5) is 5.69 Å². The summed E-state index contributed by atoms with van der Waals surface area (Å²) >= 11 is 0. The Bertz CT molecular complexity index is 507. The number of hydrogen-bond acceptors (Lipinski definition) is 4. The van der Waals surface area contributed by atoms with Crippen LogP contribution in [0.3, 0.4) is 0 Å². The molecule has 0 spiro atoms. The maximum atomic E-state index is 12.1. The zero-order valence-corrected chi connectivity index (χ0v) is 12.5. The lowest BCUT2D eigenvalue weighted by molar-refractivity contribution is -0.128. The molecule has 5 nitrogen and oxygen atoms in total. The van der Waals surface area contributed by atoms with E-state index < -0.39 is 16.9 Å². The molecule has 1 amide bonds. The molecule has 1 aromatic rings. The predicted octanol–water partition coefficient (Wildman–Crippen LogP) is 1.13. The van der Waals surface area contributed by atoms with Gasteiger partial charge in [0, 0.05) is 28.9 Å². The quantitative estimate of drug-likeness (QED) is 0.855. The Morgan fingerprint density at radius 1 is 1.55 bits per heavy atom. The molecule has 110 valence electrons. The van der Waals surface area contributed by atoms with Gasteiger partial charge in [-0.25, -0.2) is 0 Å². The van der Waals surface area contributed by atoms with Crippen molar-refractivity contribution >= 4 is 22.4 Å². The van der Waals surface area contributed by atoms with Gasteiger partial charge in [0.2, 0.25) is 0 Å². The fourth-order valence-electron chi connectivity index (χ4n) is 2.01. The first-order valence-corrected chi connectivity index (χ1v) is 8.39. The minimum absolute atomic E-state index is 0.00725. The monoisotopic (exact) mass is 296 g/mol. The first-order valence-electron chi connectivity index (χ1n) is 6.66. The van der Waals surface area contributed by atoms with Crippen LogP contribution in [0.5, 0.6) is 5.75 Å². The van der Waals surface area contributed by atoms with Crippen molar-refractivity contribution in [2.75, 3.05) is 23.9 Å². The van der Waals surface area contributed by atoms with Crippen LogP contribution in [-0.4, -0.2) is 40.8 Å². The van der Waals surface area contributed by atoms with Crippen molar-refractivity contribution in [1.29, 1.82) is 0 Å². The van der Waals surface area contributed by atoms with Gasteiger partial charge in [-0.3, -0.25) is 9.00 Å². The molecular weight excluding hydrogens is 276 g/mol. The zero-order chi connectivity index (χ0) is 14.5. The van der Waals surface area contributed by atoms with Crippen LogP contribution in [0, 0.1) is 0 Å².